The summed E-state index contributed by atoms with van der Waals surface area (Å²) in [5, 5.41) is 0. The van der Waals surface area contributed by atoms with Crippen LogP contribution in [0.4, 0.5) is 0 Å². The second-order valence-electron chi connectivity index (χ2n) is 11.7. The van der Waals surface area contributed by atoms with Crippen molar-refractivity contribution in [2.75, 3.05) is 0 Å². The van der Waals surface area contributed by atoms with Gasteiger partial charge in [-0.1, -0.05) is 25.7 Å². The standard InChI is InChI=1S/C30H40O12/c1-15-11-12-28(8,9)23(36)13-22(38-17(3)31)16(2)25(39-18(4)32)24-27(40-19(5)33)29(10,41-20(6)34)14-30(24,26(15)37)42-21(7)35/h11-12,15,22,24-25,27H,2,13-14H2,1,3-10H3/t15-,22+,24-,25+,27+,29-,30+/m0/s1. The van der Waals surface area contributed by atoms with Crippen molar-refractivity contribution >= 4 is 41.4 Å². The van der Waals surface area contributed by atoms with Crippen molar-refractivity contribution in [2.24, 2.45) is 17.3 Å². The molecule has 0 bridgehead atoms. The molecule has 2 aliphatic carbocycles. The van der Waals surface area contributed by atoms with E-state index < -0.39 is 88.8 Å². The molecular weight excluding hydrogens is 552 g/mol. The first kappa shape index (κ1) is 34.4. The Kier molecular flexibility index (Phi) is 10.3. The zero-order valence-corrected chi connectivity index (χ0v) is 25.6. The molecule has 0 aromatic carbocycles. The molecule has 1 fully saturated rings. The van der Waals surface area contributed by atoms with Crippen molar-refractivity contribution in [3.8, 4) is 0 Å². The molecule has 0 aromatic heterocycles. The molecule has 42 heavy (non-hydrogen) atoms. The zero-order valence-electron chi connectivity index (χ0n) is 25.6. The molecule has 0 radical (unpaired) electrons. The molecule has 7 atom stereocenters. The zero-order chi connectivity index (χ0) is 32.4. The van der Waals surface area contributed by atoms with Crippen LogP contribution in [-0.2, 0) is 57.2 Å². The number of fused-ring (bicyclic) bond motifs is 1. The first-order valence-electron chi connectivity index (χ1n) is 13.5. The predicted octanol–water partition coefficient (Wildman–Crippen LogP) is 2.74. The van der Waals surface area contributed by atoms with Crippen LogP contribution in [0.1, 0.15) is 75.2 Å². The number of rotatable bonds is 5. The lowest BCUT2D eigenvalue weighted by Crippen LogP contribution is -2.57. The van der Waals surface area contributed by atoms with E-state index in [-0.39, 0.29) is 17.8 Å². The van der Waals surface area contributed by atoms with E-state index in [1.54, 1.807) is 13.8 Å². The van der Waals surface area contributed by atoms with Gasteiger partial charge in [0, 0.05) is 64.4 Å². The molecule has 0 heterocycles. The Labute approximate surface area is 245 Å². The van der Waals surface area contributed by atoms with E-state index in [1.807, 2.05) is 0 Å². The summed E-state index contributed by atoms with van der Waals surface area (Å²) in [5.74, 6) is -7.81. The van der Waals surface area contributed by atoms with Gasteiger partial charge in [0.05, 0.1) is 5.92 Å². The lowest BCUT2D eigenvalue weighted by molar-refractivity contribution is -0.189. The summed E-state index contributed by atoms with van der Waals surface area (Å²) in [5.41, 5.74) is -5.27. The molecule has 232 valence electrons. The van der Waals surface area contributed by atoms with E-state index in [1.165, 1.54) is 26.0 Å². The van der Waals surface area contributed by atoms with E-state index >= 15 is 0 Å². The molecule has 2 rings (SSSR count). The van der Waals surface area contributed by atoms with Crippen LogP contribution in [0.25, 0.3) is 0 Å². The van der Waals surface area contributed by atoms with Gasteiger partial charge in [-0.05, 0) is 20.8 Å². The van der Waals surface area contributed by atoms with Crippen molar-refractivity contribution in [1.82, 2.24) is 0 Å². The second-order valence-corrected chi connectivity index (χ2v) is 11.7. The highest BCUT2D eigenvalue weighted by Gasteiger charge is 2.71. The highest BCUT2D eigenvalue weighted by atomic mass is 16.6. The van der Waals surface area contributed by atoms with Crippen LogP contribution in [0.2, 0.25) is 0 Å². The molecule has 12 heteroatoms. The summed E-state index contributed by atoms with van der Waals surface area (Å²) in [6, 6.07) is 0. The summed E-state index contributed by atoms with van der Waals surface area (Å²) in [4.78, 5) is 89.9. The molecule has 2 aliphatic rings. The van der Waals surface area contributed by atoms with Gasteiger partial charge in [0.15, 0.2) is 23.1 Å². The van der Waals surface area contributed by atoms with E-state index in [0.29, 0.717) is 0 Å². The number of allylic oxidation sites excluding steroid dienone is 2. The minimum absolute atomic E-state index is 0.139. The smallest absolute Gasteiger partial charge is 0.303 e. The number of esters is 5. The van der Waals surface area contributed by atoms with Crippen LogP contribution in [0.5, 0.6) is 0 Å². The second kappa shape index (κ2) is 12.6. The maximum absolute atomic E-state index is 14.4. The summed E-state index contributed by atoms with van der Waals surface area (Å²) in [6.45, 7) is 15.6. The molecular formula is C30H40O12. The van der Waals surface area contributed by atoms with Crippen molar-refractivity contribution in [1.29, 1.82) is 0 Å². The lowest BCUT2D eigenvalue weighted by Gasteiger charge is -2.41. The van der Waals surface area contributed by atoms with Crippen molar-refractivity contribution in [3.63, 3.8) is 0 Å². The minimum atomic E-state index is -2.21. The fourth-order valence-corrected chi connectivity index (χ4v) is 5.80. The van der Waals surface area contributed by atoms with Gasteiger partial charge in [-0.3, -0.25) is 33.6 Å². The molecule has 0 unspecified atom stereocenters. The molecule has 0 amide bonds. The Balaban J connectivity index is 3.09. The van der Waals surface area contributed by atoms with E-state index in [9.17, 15) is 33.6 Å². The summed E-state index contributed by atoms with van der Waals surface area (Å²) >= 11 is 0. The third kappa shape index (κ3) is 7.32. The molecule has 12 nitrogen and oxygen atoms in total. The first-order valence-corrected chi connectivity index (χ1v) is 13.5. The monoisotopic (exact) mass is 592 g/mol. The van der Waals surface area contributed by atoms with Crippen LogP contribution in [0, 0.1) is 17.3 Å². The summed E-state index contributed by atoms with van der Waals surface area (Å²) in [6.07, 6.45) is -2.41. The van der Waals surface area contributed by atoms with Crippen LogP contribution in [0.3, 0.4) is 0 Å². The maximum atomic E-state index is 14.4. The number of ketones is 2. The van der Waals surface area contributed by atoms with Gasteiger partial charge >= 0.3 is 29.8 Å². The Hall–Kier alpha value is -3.83. The maximum Gasteiger partial charge on any atom is 0.303 e. The molecule has 0 saturated heterocycles. The number of ether oxygens (including phenoxy) is 5. The van der Waals surface area contributed by atoms with Gasteiger partial charge in [-0.15, -0.1) is 0 Å². The van der Waals surface area contributed by atoms with Gasteiger partial charge in [-0.2, -0.15) is 0 Å². The molecule has 0 aromatic rings. The summed E-state index contributed by atoms with van der Waals surface area (Å²) in [7, 11) is 0. The van der Waals surface area contributed by atoms with Crippen molar-refractivity contribution < 1.29 is 57.2 Å². The highest BCUT2D eigenvalue weighted by molar-refractivity contribution is 5.94. The van der Waals surface area contributed by atoms with Gasteiger partial charge in [-0.25, -0.2) is 0 Å². The van der Waals surface area contributed by atoms with Crippen LogP contribution in [-0.4, -0.2) is 70.9 Å². The van der Waals surface area contributed by atoms with Gasteiger partial charge in [0.25, 0.3) is 0 Å². The van der Waals surface area contributed by atoms with Crippen LogP contribution in [0.15, 0.2) is 24.3 Å². The van der Waals surface area contributed by atoms with Gasteiger partial charge in [0.2, 0.25) is 0 Å². The van der Waals surface area contributed by atoms with E-state index in [2.05, 4.69) is 6.58 Å². The molecule has 1 saturated carbocycles. The largest absolute Gasteiger partial charge is 0.458 e. The van der Waals surface area contributed by atoms with E-state index in [0.717, 1.165) is 34.6 Å². The molecule has 0 spiro atoms. The van der Waals surface area contributed by atoms with Crippen molar-refractivity contribution in [2.45, 2.75) is 105 Å². The highest BCUT2D eigenvalue weighted by Crippen LogP contribution is 2.53. The molecule has 0 aliphatic heterocycles. The first-order chi connectivity index (χ1) is 19.2. The normalized spacial score (nSPS) is 32.9. The fourth-order valence-electron chi connectivity index (χ4n) is 5.80. The molecule has 0 N–H and O–H groups in total. The average Bonchev–Trinajstić information content (AvgIpc) is 3.04. The van der Waals surface area contributed by atoms with E-state index in [4.69, 9.17) is 23.7 Å². The van der Waals surface area contributed by atoms with Crippen LogP contribution >= 0.6 is 0 Å². The lowest BCUT2D eigenvalue weighted by atomic mass is 9.73. The SMILES string of the molecule is C=C1[C@@H](OC(C)=O)[C@H]2[C@@H](OC(C)=O)[C@@](C)(OC(C)=O)C[C@]2(OC(C)=O)C(=O)[C@@H](C)C=CC(C)(C)C(=O)C[C@H]1OC(C)=O. The average molecular weight is 593 g/mol. The number of carbonyl (C=O) groups is 7. The third-order valence-corrected chi connectivity index (χ3v) is 7.50. The number of carbonyl (C=O) groups excluding carboxylic acids is 7. The van der Waals surface area contributed by atoms with Crippen molar-refractivity contribution in [3.05, 3.63) is 24.3 Å². The van der Waals surface area contributed by atoms with Crippen LogP contribution < -0.4 is 0 Å². The fraction of sp³-hybridized carbons (Fsp3) is 0.633. The van der Waals surface area contributed by atoms with Gasteiger partial charge in [0.1, 0.15) is 18.0 Å². The summed E-state index contributed by atoms with van der Waals surface area (Å²) < 4.78 is 28.3. The quantitative estimate of drug-likeness (QED) is 0.261. The Morgan fingerprint density at radius 2 is 1.33 bits per heavy atom. The van der Waals surface area contributed by atoms with Gasteiger partial charge < -0.3 is 23.7 Å². The number of hydrogen-bond donors (Lipinski definition) is 0. The Bertz CT molecular complexity index is 1210. The third-order valence-electron chi connectivity index (χ3n) is 7.50. The Morgan fingerprint density at radius 3 is 1.81 bits per heavy atom. The minimum Gasteiger partial charge on any atom is -0.458 e. The predicted molar refractivity (Wildman–Crippen MR) is 145 cm³/mol. The Morgan fingerprint density at radius 1 is 0.810 bits per heavy atom. The number of hydrogen-bond acceptors (Lipinski definition) is 12. The number of Topliss-reactive ketones (excluding diaryl/α,β-unsaturated/α-hetero) is 2. The topological polar surface area (TPSA) is 166 Å².